The first-order chi connectivity index (χ1) is 14.7. The van der Waals surface area contributed by atoms with E-state index in [-0.39, 0.29) is 11.9 Å². The highest BCUT2D eigenvalue weighted by Gasteiger charge is 2.32. The van der Waals surface area contributed by atoms with Crippen LogP contribution in [0.4, 0.5) is 0 Å². The van der Waals surface area contributed by atoms with Crippen molar-refractivity contribution in [3.8, 4) is 5.75 Å². The summed E-state index contributed by atoms with van der Waals surface area (Å²) in [6, 6.07) is 16.3. The van der Waals surface area contributed by atoms with E-state index in [1.54, 1.807) is 0 Å². The smallest absolute Gasteiger partial charge is 0.222 e. The van der Waals surface area contributed by atoms with Crippen molar-refractivity contribution in [3.05, 3.63) is 72.6 Å². The quantitative estimate of drug-likeness (QED) is 0.502. The van der Waals surface area contributed by atoms with E-state index in [0.29, 0.717) is 19.6 Å². The molecule has 0 aliphatic carbocycles. The number of amides is 1. The molecule has 30 heavy (non-hydrogen) atoms. The van der Waals surface area contributed by atoms with E-state index in [2.05, 4.69) is 23.3 Å². The third-order valence-corrected chi connectivity index (χ3v) is 5.77. The van der Waals surface area contributed by atoms with Crippen LogP contribution in [-0.2, 0) is 17.8 Å². The Morgan fingerprint density at radius 3 is 2.87 bits per heavy atom. The van der Waals surface area contributed by atoms with Crippen LogP contribution in [0.25, 0.3) is 11.0 Å². The van der Waals surface area contributed by atoms with Gasteiger partial charge in [-0.3, -0.25) is 4.79 Å². The normalized spacial score (nSPS) is 16.2. The molecule has 0 N–H and O–H groups in total. The number of para-hydroxylation sites is 3. The van der Waals surface area contributed by atoms with Gasteiger partial charge in [0.2, 0.25) is 5.91 Å². The second-order valence-corrected chi connectivity index (χ2v) is 7.66. The fraction of sp³-hybridized carbons (Fsp3) is 0.360. The average Bonchev–Trinajstić information content (AvgIpc) is 3.39. The van der Waals surface area contributed by atoms with Crippen LogP contribution in [0.1, 0.15) is 43.6 Å². The molecule has 1 aromatic heterocycles. The summed E-state index contributed by atoms with van der Waals surface area (Å²) in [4.78, 5) is 19.4. The monoisotopic (exact) mass is 403 g/mol. The largest absolute Gasteiger partial charge is 0.491 e. The number of fused-ring (bicyclic) bond motifs is 1. The Labute approximate surface area is 178 Å². The molecule has 3 aromatic rings. The van der Waals surface area contributed by atoms with Gasteiger partial charge in [-0.1, -0.05) is 43.3 Å². The summed E-state index contributed by atoms with van der Waals surface area (Å²) in [5.74, 6) is 2.07. The summed E-state index contributed by atoms with van der Waals surface area (Å²) in [7, 11) is 0. The number of ether oxygens (including phenoxy) is 1. The zero-order valence-electron chi connectivity index (χ0n) is 17.6. The van der Waals surface area contributed by atoms with E-state index >= 15 is 0 Å². The molecular formula is C25H29N3O2. The van der Waals surface area contributed by atoms with E-state index in [0.717, 1.165) is 54.0 Å². The summed E-state index contributed by atoms with van der Waals surface area (Å²) in [6.45, 7) is 7.79. The molecule has 1 aliphatic rings. The van der Waals surface area contributed by atoms with Crippen LogP contribution in [-0.4, -0.2) is 33.5 Å². The van der Waals surface area contributed by atoms with Gasteiger partial charge < -0.3 is 14.2 Å². The van der Waals surface area contributed by atoms with Crippen LogP contribution >= 0.6 is 0 Å². The van der Waals surface area contributed by atoms with Crippen LogP contribution in [0, 0.1) is 0 Å². The van der Waals surface area contributed by atoms with Crippen molar-refractivity contribution in [1.82, 2.24) is 14.5 Å². The fourth-order valence-electron chi connectivity index (χ4n) is 4.34. The number of carbonyl (C=O) groups excluding carboxylic acids is 1. The molecule has 2 aromatic carbocycles. The van der Waals surface area contributed by atoms with Gasteiger partial charge in [0.1, 0.15) is 18.2 Å². The average molecular weight is 404 g/mol. The lowest BCUT2D eigenvalue weighted by molar-refractivity contribution is -0.131. The first-order valence-electron chi connectivity index (χ1n) is 10.8. The number of carbonyl (C=O) groups is 1. The SMILES string of the molecule is C=CCc1ccccc1OCCn1c([C@@H]2CCCN2C(=O)CC)nc2ccccc21. The fourth-order valence-corrected chi connectivity index (χ4v) is 4.34. The summed E-state index contributed by atoms with van der Waals surface area (Å²) >= 11 is 0. The highest BCUT2D eigenvalue weighted by molar-refractivity contribution is 5.78. The third-order valence-electron chi connectivity index (χ3n) is 5.77. The maximum Gasteiger partial charge on any atom is 0.222 e. The molecule has 5 heteroatoms. The maximum atomic E-state index is 12.5. The molecule has 0 bridgehead atoms. The summed E-state index contributed by atoms with van der Waals surface area (Å²) in [5, 5.41) is 0. The Kier molecular flexibility index (Phi) is 6.17. The molecule has 2 heterocycles. The van der Waals surface area contributed by atoms with Gasteiger partial charge in [0.05, 0.1) is 23.6 Å². The van der Waals surface area contributed by atoms with Crippen LogP contribution in [0.2, 0.25) is 0 Å². The van der Waals surface area contributed by atoms with Crippen LogP contribution in [0.3, 0.4) is 0 Å². The Morgan fingerprint density at radius 2 is 2.03 bits per heavy atom. The molecule has 1 aliphatic heterocycles. The van der Waals surface area contributed by atoms with E-state index in [1.807, 2.05) is 54.3 Å². The predicted octanol–water partition coefficient (Wildman–Crippen LogP) is 4.92. The molecule has 0 radical (unpaired) electrons. The third kappa shape index (κ3) is 3.97. The predicted molar refractivity (Wildman–Crippen MR) is 120 cm³/mol. The summed E-state index contributed by atoms with van der Waals surface area (Å²) in [6.07, 6.45) is 5.18. The summed E-state index contributed by atoms with van der Waals surface area (Å²) in [5.41, 5.74) is 3.19. The number of hydrogen-bond donors (Lipinski definition) is 0. The van der Waals surface area contributed by atoms with Crippen LogP contribution in [0.5, 0.6) is 5.75 Å². The molecule has 0 saturated carbocycles. The van der Waals surface area contributed by atoms with Crippen molar-refractivity contribution in [3.63, 3.8) is 0 Å². The minimum absolute atomic E-state index is 0.0397. The number of nitrogens with zero attached hydrogens (tertiary/aromatic N) is 3. The van der Waals surface area contributed by atoms with E-state index < -0.39 is 0 Å². The zero-order valence-corrected chi connectivity index (χ0v) is 17.6. The van der Waals surface area contributed by atoms with E-state index in [9.17, 15) is 4.79 Å². The topological polar surface area (TPSA) is 47.4 Å². The summed E-state index contributed by atoms with van der Waals surface area (Å²) < 4.78 is 8.38. The van der Waals surface area contributed by atoms with Crippen LogP contribution < -0.4 is 4.74 Å². The highest BCUT2D eigenvalue weighted by atomic mass is 16.5. The van der Waals surface area contributed by atoms with Crippen molar-refractivity contribution >= 4 is 16.9 Å². The van der Waals surface area contributed by atoms with Gasteiger partial charge in [-0.2, -0.15) is 0 Å². The van der Waals surface area contributed by atoms with Gasteiger partial charge in [-0.05, 0) is 43.0 Å². The molecule has 5 nitrogen and oxygen atoms in total. The number of imidazole rings is 1. The molecule has 1 saturated heterocycles. The minimum Gasteiger partial charge on any atom is -0.491 e. The molecule has 4 rings (SSSR count). The number of rotatable bonds is 8. The molecule has 0 spiro atoms. The first-order valence-corrected chi connectivity index (χ1v) is 10.8. The lowest BCUT2D eigenvalue weighted by atomic mass is 10.1. The lowest BCUT2D eigenvalue weighted by Gasteiger charge is -2.25. The second-order valence-electron chi connectivity index (χ2n) is 7.66. The number of benzene rings is 2. The van der Waals surface area contributed by atoms with Crippen molar-refractivity contribution in [2.45, 2.75) is 45.2 Å². The van der Waals surface area contributed by atoms with Crippen molar-refractivity contribution in [2.24, 2.45) is 0 Å². The number of hydrogen-bond acceptors (Lipinski definition) is 3. The van der Waals surface area contributed by atoms with E-state index in [1.165, 1.54) is 0 Å². The Bertz CT molecular complexity index is 1040. The van der Waals surface area contributed by atoms with Crippen molar-refractivity contribution < 1.29 is 9.53 Å². The first kappa shape index (κ1) is 20.2. The molecule has 156 valence electrons. The van der Waals surface area contributed by atoms with Crippen molar-refractivity contribution in [2.75, 3.05) is 13.2 Å². The lowest BCUT2D eigenvalue weighted by Crippen LogP contribution is -2.31. The van der Waals surface area contributed by atoms with Crippen LogP contribution in [0.15, 0.2) is 61.2 Å². The van der Waals surface area contributed by atoms with Gasteiger partial charge in [0, 0.05) is 13.0 Å². The second kappa shape index (κ2) is 9.16. The van der Waals surface area contributed by atoms with E-state index in [4.69, 9.17) is 9.72 Å². The number of likely N-dealkylation sites (tertiary alicyclic amines) is 1. The standard InChI is InChI=1S/C25H29N3O2/c1-3-10-19-11-5-8-15-23(19)30-18-17-28-21-13-7-6-12-20(21)26-25(28)22-14-9-16-27(22)24(29)4-2/h3,5-8,11-13,15,22H,1,4,9-10,14,16-18H2,2H3/t22-/m0/s1. The zero-order chi connectivity index (χ0) is 20.9. The molecule has 1 amide bonds. The van der Waals surface area contributed by atoms with Crippen molar-refractivity contribution in [1.29, 1.82) is 0 Å². The van der Waals surface area contributed by atoms with Gasteiger partial charge in [0.25, 0.3) is 0 Å². The number of allylic oxidation sites excluding steroid dienone is 1. The highest BCUT2D eigenvalue weighted by Crippen LogP contribution is 2.34. The van der Waals surface area contributed by atoms with Gasteiger partial charge in [0.15, 0.2) is 0 Å². The Morgan fingerprint density at radius 1 is 1.23 bits per heavy atom. The molecule has 1 atom stereocenters. The Hall–Kier alpha value is -3.08. The molecule has 0 unspecified atom stereocenters. The van der Waals surface area contributed by atoms with Gasteiger partial charge in [-0.15, -0.1) is 6.58 Å². The number of aromatic nitrogens is 2. The van der Waals surface area contributed by atoms with Gasteiger partial charge >= 0.3 is 0 Å². The minimum atomic E-state index is 0.0397. The maximum absolute atomic E-state index is 12.5. The molecule has 1 fully saturated rings. The Balaban J connectivity index is 1.60. The molecular weight excluding hydrogens is 374 g/mol. The van der Waals surface area contributed by atoms with Gasteiger partial charge in [-0.25, -0.2) is 4.98 Å².